The fourth-order valence-electron chi connectivity index (χ4n) is 3.30. The maximum Gasteiger partial charge on any atom is 0.215 e. The number of fused-ring (bicyclic) bond motifs is 1. The number of rotatable bonds is 7. The normalized spacial score (nSPS) is 29.3. The molecule has 2 heterocycles. The second-order valence-electron chi connectivity index (χ2n) is 6.17. The van der Waals surface area contributed by atoms with Crippen LogP contribution in [-0.2, 0) is 10.0 Å². The first-order valence-corrected chi connectivity index (χ1v) is 9.55. The Labute approximate surface area is 123 Å². The van der Waals surface area contributed by atoms with Gasteiger partial charge in [-0.25, -0.2) is 13.1 Å². The smallest absolute Gasteiger partial charge is 0.215 e. The second-order valence-corrected chi connectivity index (χ2v) is 8.30. The van der Waals surface area contributed by atoms with Crippen LogP contribution in [0.25, 0.3) is 0 Å². The predicted molar refractivity (Wildman–Crippen MR) is 82.3 cm³/mol. The zero-order valence-corrected chi connectivity index (χ0v) is 13.6. The average molecular weight is 303 g/mol. The van der Waals surface area contributed by atoms with Gasteiger partial charge in [0, 0.05) is 25.2 Å². The van der Waals surface area contributed by atoms with Gasteiger partial charge in [0.15, 0.2) is 0 Å². The van der Waals surface area contributed by atoms with Gasteiger partial charge in [-0.1, -0.05) is 13.3 Å². The minimum absolute atomic E-state index is 0.119. The zero-order chi connectivity index (χ0) is 14.6. The van der Waals surface area contributed by atoms with E-state index in [-0.39, 0.29) is 11.3 Å². The van der Waals surface area contributed by atoms with E-state index in [1.807, 2.05) is 0 Å². The molecule has 2 fully saturated rings. The number of sulfonamides is 1. The molecule has 2 rings (SSSR count). The van der Waals surface area contributed by atoms with E-state index < -0.39 is 10.0 Å². The van der Waals surface area contributed by atoms with Gasteiger partial charge in [0.1, 0.15) is 0 Å². The van der Waals surface area contributed by atoms with Crippen LogP contribution in [-0.4, -0.2) is 56.8 Å². The molecule has 2 aliphatic heterocycles. The van der Waals surface area contributed by atoms with Crippen molar-refractivity contribution >= 4 is 10.0 Å². The Morgan fingerprint density at radius 3 is 2.80 bits per heavy atom. The summed E-state index contributed by atoms with van der Waals surface area (Å²) in [6, 6.07) is 0.545. The monoisotopic (exact) mass is 303 g/mol. The highest BCUT2D eigenvalue weighted by Gasteiger charge is 2.38. The van der Waals surface area contributed by atoms with E-state index in [2.05, 4.69) is 21.9 Å². The summed E-state index contributed by atoms with van der Waals surface area (Å²) in [5, 5.41) is 2.82. The Hall–Kier alpha value is -0.170. The van der Waals surface area contributed by atoms with Crippen molar-refractivity contribution in [3.63, 3.8) is 0 Å². The fourth-order valence-corrected chi connectivity index (χ4v) is 4.57. The van der Waals surface area contributed by atoms with Crippen LogP contribution in [0.1, 0.15) is 46.0 Å². The molecule has 3 unspecified atom stereocenters. The quantitative estimate of drug-likeness (QED) is 0.687. The summed E-state index contributed by atoms with van der Waals surface area (Å²) in [5.74, 6) is 0. The van der Waals surface area contributed by atoms with Gasteiger partial charge < -0.3 is 5.32 Å². The highest BCUT2D eigenvalue weighted by atomic mass is 32.2. The summed E-state index contributed by atoms with van der Waals surface area (Å²) >= 11 is 0. The van der Waals surface area contributed by atoms with E-state index in [1.165, 1.54) is 12.8 Å². The van der Waals surface area contributed by atoms with Gasteiger partial charge in [-0.3, -0.25) is 4.90 Å². The highest BCUT2D eigenvalue weighted by Crippen LogP contribution is 2.27. The largest absolute Gasteiger partial charge is 0.315 e. The fraction of sp³-hybridized carbons (Fsp3) is 1.00. The summed E-state index contributed by atoms with van der Waals surface area (Å²) in [6.07, 6.45) is 5.61. The molecule has 2 saturated heterocycles. The van der Waals surface area contributed by atoms with Crippen LogP contribution in [0, 0.1) is 0 Å². The third kappa shape index (κ3) is 3.93. The molecule has 2 N–H and O–H groups in total. The lowest BCUT2D eigenvalue weighted by Gasteiger charge is -2.32. The number of nitrogens with zero attached hydrogens (tertiary/aromatic N) is 1. The Bertz CT molecular complexity index is 399. The van der Waals surface area contributed by atoms with Crippen molar-refractivity contribution in [2.24, 2.45) is 0 Å². The van der Waals surface area contributed by atoms with E-state index >= 15 is 0 Å². The summed E-state index contributed by atoms with van der Waals surface area (Å²) in [7, 11) is -3.21. The number of hydrogen-bond donors (Lipinski definition) is 2. The van der Waals surface area contributed by atoms with Gasteiger partial charge in [-0.15, -0.1) is 0 Å². The van der Waals surface area contributed by atoms with Crippen molar-refractivity contribution < 1.29 is 8.42 Å². The Kier molecular flexibility index (Phi) is 5.84. The van der Waals surface area contributed by atoms with Gasteiger partial charge in [0.05, 0.1) is 5.25 Å². The van der Waals surface area contributed by atoms with Gasteiger partial charge in [-0.05, 0) is 45.7 Å². The molecule has 20 heavy (non-hydrogen) atoms. The first kappa shape index (κ1) is 16.2. The first-order chi connectivity index (χ1) is 9.54. The van der Waals surface area contributed by atoms with Crippen molar-refractivity contribution in [1.82, 2.24) is 14.9 Å². The zero-order valence-electron chi connectivity index (χ0n) is 12.8. The lowest BCUT2D eigenvalue weighted by atomic mass is 10.00. The number of piperidine rings is 1. The lowest BCUT2D eigenvalue weighted by Crippen LogP contribution is -2.50. The third-order valence-electron chi connectivity index (χ3n) is 4.56. The lowest BCUT2D eigenvalue weighted by molar-refractivity contribution is 0.186. The molecular formula is C14H29N3O2S. The average Bonchev–Trinajstić information content (AvgIpc) is 2.82. The Morgan fingerprint density at radius 2 is 2.05 bits per heavy atom. The highest BCUT2D eigenvalue weighted by molar-refractivity contribution is 7.90. The summed E-state index contributed by atoms with van der Waals surface area (Å²) in [4.78, 5) is 2.46. The molecule has 2 aliphatic rings. The maximum absolute atomic E-state index is 12.4. The molecule has 0 aliphatic carbocycles. The van der Waals surface area contributed by atoms with Gasteiger partial charge in [-0.2, -0.15) is 0 Å². The standard InChI is InChI=1S/C14H29N3O2S/c1-3-8-15-11-12(2)20(18,19)16-13-7-10-17-9-5-4-6-14(13)17/h12-16H,3-11H2,1-2H3. The molecule has 0 bridgehead atoms. The summed E-state index contributed by atoms with van der Waals surface area (Å²) < 4.78 is 27.7. The molecule has 118 valence electrons. The molecule has 0 aromatic rings. The molecule has 0 aromatic heterocycles. The number of hydrogen-bond acceptors (Lipinski definition) is 4. The minimum Gasteiger partial charge on any atom is -0.315 e. The molecule has 5 nitrogen and oxygen atoms in total. The van der Waals surface area contributed by atoms with E-state index in [0.717, 1.165) is 38.9 Å². The minimum atomic E-state index is -3.21. The van der Waals surface area contributed by atoms with Crippen molar-refractivity contribution in [2.45, 2.75) is 63.3 Å². The van der Waals surface area contributed by atoms with Crippen LogP contribution in [0.15, 0.2) is 0 Å². The first-order valence-electron chi connectivity index (χ1n) is 8.00. The third-order valence-corrected chi connectivity index (χ3v) is 6.42. The molecule has 6 heteroatoms. The van der Waals surface area contributed by atoms with Crippen LogP contribution in [0.2, 0.25) is 0 Å². The van der Waals surface area contributed by atoms with Gasteiger partial charge in [0.25, 0.3) is 0 Å². The molecule has 0 amide bonds. The SMILES string of the molecule is CCCNCC(C)S(=O)(=O)NC1CCN2CCCCC12. The van der Waals surface area contributed by atoms with Gasteiger partial charge in [0.2, 0.25) is 10.0 Å². The second kappa shape index (κ2) is 7.20. The summed E-state index contributed by atoms with van der Waals surface area (Å²) in [6.45, 7) is 7.46. The number of nitrogens with one attached hydrogen (secondary N) is 2. The van der Waals surface area contributed by atoms with Crippen LogP contribution in [0.3, 0.4) is 0 Å². The van der Waals surface area contributed by atoms with Crippen molar-refractivity contribution in [1.29, 1.82) is 0 Å². The molecule has 0 saturated carbocycles. The van der Waals surface area contributed by atoms with Crippen LogP contribution < -0.4 is 10.0 Å². The van der Waals surface area contributed by atoms with E-state index in [4.69, 9.17) is 0 Å². The van der Waals surface area contributed by atoms with Crippen LogP contribution >= 0.6 is 0 Å². The van der Waals surface area contributed by atoms with E-state index in [9.17, 15) is 8.42 Å². The van der Waals surface area contributed by atoms with Crippen molar-refractivity contribution in [3.8, 4) is 0 Å². The molecular weight excluding hydrogens is 274 g/mol. The molecule has 0 aromatic carbocycles. The van der Waals surface area contributed by atoms with Crippen molar-refractivity contribution in [3.05, 3.63) is 0 Å². The molecule has 0 spiro atoms. The van der Waals surface area contributed by atoms with Crippen LogP contribution in [0.4, 0.5) is 0 Å². The Morgan fingerprint density at radius 1 is 1.25 bits per heavy atom. The molecule has 3 atom stereocenters. The maximum atomic E-state index is 12.4. The van der Waals surface area contributed by atoms with Crippen molar-refractivity contribution in [2.75, 3.05) is 26.2 Å². The predicted octanol–water partition coefficient (Wildman–Crippen LogP) is 0.921. The van der Waals surface area contributed by atoms with E-state index in [0.29, 0.717) is 12.6 Å². The topological polar surface area (TPSA) is 61.4 Å². The molecule has 0 radical (unpaired) electrons. The summed E-state index contributed by atoms with van der Waals surface area (Å²) in [5.41, 5.74) is 0. The van der Waals surface area contributed by atoms with E-state index in [1.54, 1.807) is 6.92 Å². The van der Waals surface area contributed by atoms with Crippen LogP contribution in [0.5, 0.6) is 0 Å². The Balaban J connectivity index is 1.87. The van der Waals surface area contributed by atoms with Gasteiger partial charge >= 0.3 is 0 Å².